The fourth-order valence-corrected chi connectivity index (χ4v) is 2.70. The van der Waals surface area contributed by atoms with Crippen molar-refractivity contribution in [3.05, 3.63) is 34.3 Å². The molecule has 1 nitrogen and oxygen atoms in total. The summed E-state index contributed by atoms with van der Waals surface area (Å²) < 4.78 is 1.07. The lowest BCUT2D eigenvalue weighted by molar-refractivity contribution is -0.126. The molecular formula is C14H17BrO. The third-order valence-electron chi connectivity index (χ3n) is 3.66. The predicted molar refractivity (Wildman–Crippen MR) is 69.4 cm³/mol. The van der Waals surface area contributed by atoms with E-state index in [4.69, 9.17) is 0 Å². The molecule has 0 amide bonds. The molecule has 0 saturated heterocycles. The largest absolute Gasteiger partial charge is 0.299 e. The second kappa shape index (κ2) is 4.70. The lowest BCUT2D eigenvalue weighted by atomic mass is 9.81. The summed E-state index contributed by atoms with van der Waals surface area (Å²) in [6, 6.07) is 8.06. The first kappa shape index (κ1) is 11.8. The first-order chi connectivity index (χ1) is 7.60. The Bertz CT molecular complexity index is 374. The molecule has 0 heterocycles. The number of benzene rings is 1. The molecule has 16 heavy (non-hydrogen) atoms. The van der Waals surface area contributed by atoms with Gasteiger partial charge in [0.1, 0.15) is 5.78 Å². The maximum Gasteiger partial charge on any atom is 0.143 e. The summed E-state index contributed by atoms with van der Waals surface area (Å²) in [5.41, 5.74) is 1.08. The molecule has 0 aliphatic heterocycles. The highest BCUT2D eigenvalue weighted by Gasteiger charge is 2.35. The highest BCUT2D eigenvalue weighted by molar-refractivity contribution is 9.10. The van der Waals surface area contributed by atoms with E-state index < -0.39 is 0 Å². The van der Waals surface area contributed by atoms with Gasteiger partial charge in [-0.1, -0.05) is 47.8 Å². The molecule has 1 fully saturated rings. The number of hydrogen-bond acceptors (Lipinski definition) is 1. The van der Waals surface area contributed by atoms with E-state index in [1.54, 1.807) is 0 Å². The summed E-state index contributed by atoms with van der Waals surface area (Å²) in [4.78, 5) is 12.2. The van der Waals surface area contributed by atoms with Gasteiger partial charge in [0.25, 0.3) is 0 Å². The van der Waals surface area contributed by atoms with Crippen molar-refractivity contribution < 1.29 is 4.79 Å². The molecule has 0 aromatic heterocycles. The van der Waals surface area contributed by atoms with Crippen LogP contribution in [0.1, 0.15) is 38.2 Å². The van der Waals surface area contributed by atoms with Gasteiger partial charge in [-0.25, -0.2) is 0 Å². The van der Waals surface area contributed by atoms with Crippen molar-refractivity contribution in [1.29, 1.82) is 0 Å². The fourth-order valence-electron chi connectivity index (χ4n) is 2.44. The molecule has 1 aliphatic carbocycles. The number of carbonyl (C=O) groups excluding carboxylic acids is 1. The van der Waals surface area contributed by atoms with E-state index in [1.807, 2.05) is 24.3 Å². The molecule has 0 unspecified atom stereocenters. The Balaban J connectivity index is 2.04. The van der Waals surface area contributed by atoms with Gasteiger partial charge in [-0.05, 0) is 30.5 Å². The number of carbonyl (C=O) groups is 1. The molecule has 0 bridgehead atoms. The minimum atomic E-state index is -0.0485. The highest BCUT2D eigenvalue weighted by atomic mass is 79.9. The van der Waals surface area contributed by atoms with Crippen molar-refractivity contribution in [3.8, 4) is 0 Å². The van der Waals surface area contributed by atoms with Gasteiger partial charge in [-0.3, -0.25) is 4.79 Å². The van der Waals surface area contributed by atoms with E-state index in [9.17, 15) is 4.79 Å². The van der Waals surface area contributed by atoms with Gasteiger partial charge in [-0.2, -0.15) is 0 Å². The molecule has 1 saturated carbocycles. The lowest BCUT2D eigenvalue weighted by Crippen LogP contribution is -2.25. The third kappa shape index (κ3) is 2.54. The van der Waals surface area contributed by atoms with Crippen molar-refractivity contribution >= 4 is 21.7 Å². The van der Waals surface area contributed by atoms with Crippen LogP contribution < -0.4 is 0 Å². The van der Waals surface area contributed by atoms with Crippen LogP contribution in [0.25, 0.3) is 0 Å². The van der Waals surface area contributed by atoms with Crippen molar-refractivity contribution in [2.24, 2.45) is 5.41 Å². The summed E-state index contributed by atoms with van der Waals surface area (Å²) in [6.45, 7) is 2.13. The van der Waals surface area contributed by atoms with Crippen molar-refractivity contribution in [2.75, 3.05) is 0 Å². The molecule has 1 aromatic carbocycles. The third-order valence-corrected chi connectivity index (χ3v) is 4.19. The molecule has 0 radical (unpaired) electrons. The van der Waals surface area contributed by atoms with Gasteiger partial charge in [0.15, 0.2) is 0 Å². The summed E-state index contributed by atoms with van der Waals surface area (Å²) >= 11 is 3.40. The zero-order chi connectivity index (χ0) is 11.6. The summed E-state index contributed by atoms with van der Waals surface area (Å²) in [5, 5.41) is 0. The molecular weight excluding hydrogens is 264 g/mol. The molecule has 0 N–H and O–H groups in total. The van der Waals surface area contributed by atoms with Crippen LogP contribution in [0.5, 0.6) is 0 Å². The second-order valence-electron chi connectivity index (χ2n) is 4.99. The average molecular weight is 281 g/mol. The smallest absolute Gasteiger partial charge is 0.143 e. The average Bonchev–Trinajstić information content (AvgIpc) is 2.70. The van der Waals surface area contributed by atoms with E-state index >= 15 is 0 Å². The number of Topliss-reactive ketones (excluding diaryl/α,β-unsaturated/α-hetero) is 1. The standard InChI is InChI=1S/C14H17BrO/c1-14(8-2-3-9-14)13(16)10-11-4-6-12(15)7-5-11/h4-7H,2-3,8-10H2,1H3. The second-order valence-corrected chi connectivity index (χ2v) is 5.91. The fraction of sp³-hybridized carbons (Fsp3) is 0.500. The molecule has 0 spiro atoms. The summed E-state index contributed by atoms with van der Waals surface area (Å²) in [6.07, 6.45) is 5.15. The first-order valence-corrected chi connectivity index (χ1v) is 6.67. The van der Waals surface area contributed by atoms with Gasteiger partial charge in [-0.15, -0.1) is 0 Å². The normalized spacial score (nSPS) is 18.6. The molecule has 1 aliphatic rings. The molecule has 0 atom stereocenters. The van der Waals surface area contributed by atoms with E-state index in [0.717, 1.165) is 22.9 Å². The Morgan fingerprint density at radius 2 is 1.81 bits per heavy atom. The Morgan fingerprint density at radius 1 is 1.25 bits per heavy atom. The van der Waals surface area contributed by atoms with Crippen LogP contribution in [0, 0.1) is 5.41 Å². The van der Waals surface area contributed by atoms with Gasteiger partial charge in [0.05, 0.1) is 0 Å². The molecule has 86 valence electrons. The maximum atomic E-state index is 12.2. The van der Waals surface area contributed by atoms with E-state index in [2.05, 4.69) is 22.9 Å². The van der Waals surface area contributed by atoms with Crippen LogP contribution in [0.4, 0.5) is 0 Å². The molecule has 1 aromatic rings. The zero-order valence-corrected chi connectivity index (χ0v) is 11.2. The molecule has 2 rings (SSSR count). The van der Waals surface area contributed by atoms with E-state index in [0.29, 0.717) is 12.2 Å². The van der Waals surface area contributed by atoms with Gasteiger partial charge >= 0.3 is 0 Å². The van der Waals surface area contributed by atoms with Crippen molar-refractivity contribution in [2.45, 2.75) is 39.0 Å². The van der Waals surface area contributed by atoms with Gasteiger partial charge in [0.2, 0.25) is 0 Å². The van der Waals surface area contributed by atoms with Crippen molar-refractivity contribution in [1.82, 2.24) is 0 Å². The van der Waals surface area contributed by atoms with Crippen LogP contribution in [0.15, 0.2) is 28.7 Å². The van der Waals surface area contributed by atoms with E-state index in [1.165, 1.54) is 12.8 Å². The number of rotatable bonds is 3. The topological polar surface area (TPSA) is 17.1 Å². The minimum absolute atomic E-state index is 0.0485. The van der Waals surface area contributed by atoms with E-state index in [-0.39, 0.29) is 5.41 Å². The minimum Gasteiger partial charge on any atom is -0.299 e. The Labute approximate surface area is 105 Å². The monoisotopic (exact) mass is 280 g/mol. The lowest BCUT2D eigenvalue weighted by Gasteiger charge is -2.21. The molecule has 2 heteroatoms. The van der Waals surface area contributed by atoms with Crippen LogP contribution in [0.3, 0.4) is 0 Å². The van der Waals surface area contributed by atoms with Gasteiger partial charge in [0, 0.05) is 16.3 Å². The quantitative estimate of drug-likeness (QED) is 0.813. The maximum absolute atomic E-state index is 12.2. The van der Waals surface area contributed by atoms with Crippen LogP contribution in [0.2, 0.25) is 0 Å². The predicted octanol–water partition coefficient (Wildman–Crippen LogP) is 4.14. The van der Waals surface area contributed by atoms with Crippen LogP contribution >= 0.6 is 15.9 Å². The van der Waals surface area contributed by atoms with Crippen LogP contribution in [-0.2, 0) is 11.2 Å². The van der Waals surface area contributed by atoms with Gasteiger partial charge < -0.3 is 0 Å². The number of halogens is 1. The first-order valence-electron chi connectivity index (χ1n) is 5.88. The Kier molecular flexibility index (Phi) is 3.48. The highest BCUT2D eigenvalue weighted by Crippen LogP contribution is 2.39. The summed E-state index contributed by atoms with van der Waals surface area (Å²) in [7, 11) is 0. The SMILES string of the molecule is CC1(C(=O)Cc2ccc(Br)cc2)CCCC1. The number of ketones is 1. The number of hydrogen-bond donors (Lipinski definition) is 0. The Hall–Kier alpha value is -0.630. The summed E-state index contributed by atoms with van der Waals surface area (Å²) in [5.74, 6) is 0.410. The Morgan fingerprint density at radius 3 is 2.38 bits per heavy atom. The van der Waals surface area contributed by atoms with Crippen molar-refractivity contribution in [3.63, 3.8) is 0 Å². The van der Waals surface area contributed by atoms with Crippen LogP contribution in [-0.4, -0.2) is 5.78 Å². The zero-order valence-electron chi connectivity index (χ0n) is 9.63.